The lowest BCUT2D eigenvalue weighted by Gasteiger charge is -2.21. The van der Waals surface area contributed by atoms with E-state index in [-0.39, 0.29) is 29.9 Å². The molecule has 2 amide bonds. The first-order valence-electron chi connectivity index (χ1n) is 8.10. The van der Waals surface area contributed by atoms with E-state index < -0.39 is 5.82 Å². The molecule has 1 N–H and O–H groups in total. The minimum atomic E-state index is -0.564. The third-order valence-electron chi connectivity index (χ3n) is 3.86. The average Bonchev–Trinajstić information content (AvgIpc) is 2.66. The van der Waals surface area contributed by atoms with Crippen LogP contribution < -0.4 is 19.7 Å². The van der Waals surface area contributed by atoms with Crippen LogP contribution in [0, 0.1) is 5.82 Å². The predicted molar refractivity (Wildman–Crippen MR) is 101 cm³/mol. The average molecular weight is 395 g/mol. The summed E-state index contributed by atoms with van der Waals surface area (Å²) in [7, 11) is 2.99. The molecule has 0 unspecified atom stereocenters. The first kappa shape index (κ1) is 20.5. The highest BCUT2D eigenvalue weighted by Crippen LogP contribution is 2.27. The molecule has 0 aliphatic heterocycles. The van der Waals surface area contributed by atoms with Gasteiger partial charge in [0.15, 0.2) is 11.5 Å². The number of rotatable bonds is 7. The number of anilines is 1. The second-order valence-electron chi connectivity index (χ2n) is 5.59. The van der Waals surface area contributed by atoms with E-state index in [1.807, 2.05) is 0 Å². The smallest absolute Gasteiger partial charge is 0.251 e. The number of hydrogen-bond donors (Lipinski definition) is 1. The van der Waals surface area contributed by atoms with Crippen LogP contribution in [0.3, 0.4) is 0 Å². The second-order valence-corrected chi connectivity index (χ2v) is 6.00. The lowest BCUT2D eigenvalue weighted by molar-refractivity contribution is -0.116. The summed E-state index contributed by atoms with van der Waals surface area (Å²) in [5.74, 6) is -0.179. The second kappa shape index (κ2) is 9.23. The molecule has 0 bridgehead atoms. The van der Waals surface area contributed by atoms with Gasteiger partial charge >= 0.3 is 0 Å². The van der Waals surface area contributed by atoms with Crippen LogP contribution in [0.25, 0.3) is 0 Å². The molecule has 0 fully saturated rings. The fraction of sp³-hybridized carbons (Fsp3) is 0.263. The highest BCUT2D eigenvalue weighted by Gasteiger charge is 2.15. The normalized spacial score (nSPS) is 10.3. The maximum absolute atomic E-state index is 13.3. The Hall–Kier alpha value is -2.80. The Balaban J connectivity index is 2.03. The Morgan fingerprint density at radius 1 is 1.11 bits per heavy atom. The Labute approximate surface area is 161 Å². The van der Waals surface area contributed by atoms with Crippen molar-refractivity contribution in [2.24, 2.45) is 0 Å². The van der Waals surface area contributed by atoms with E-state index >= 15 is 0 Å². The van der Waals surface area contributed by atoms with Crippen LogP contribution in [0.2, 0.25) is 5.02 Å². The zero-order chi connectivity index (χ0) is 20.0. The van der Waals surface area contributed by atoms with E-state index in [1.54, 1.807) is 18.2 Å². The van der Waals surface area contributed by atoms with Crippen molar-refractivity contribution < 1.29 is 23.5 Å². The van der Waals surface area contributed by atoms with Crippen LogP contribution >= 0.6 is 11.6 Å². The maximum atomic E-state index is 13.3. The van der Waals surface area contributed by atoms with Crippen LogP contribution in [0.4, 0.5) is 10.1 Å². The van der Waals surface area contributed by atoms with Gasteiger partial charge in [0.1, 0.15) is 5.82 Å². The minimum Gasteiger partial charge on any atom is -0.493 e. The van der Waals surface area contributed by atoms with Crippen molar-refractivity contribution in [2.75, 3.05) is 32.2 Å². The van der Waals surface area contributed by atoms with Crippen LogP contribution in [0.15, 0.2) is 36.4 Å². The van der Waals surface area contributed by atoms with Gasteiger partial charge in [-0.2, -0.15) is 0 Å². The zero-order valence-electron chi connectivity index (χ0n) is 15.2. The molecule has 2 rings (SSSR count). The highest BCUT2D eigenvalue weighted by atomic mass is 35.5. The molecule has 0 aliphatic carbocycles. The molecule has 0 heterocycles. The largest absolute Gasteiger partial charge is 0.493 e. The summed E-state index contributed by atoms with van der Waals surface area (Å²) in [4.78, 5) is 25.6. The summed E-state index contributed by atoms with van der Waals surface area (Å²) in [6, 6.07) is 8.83. The topological polar surface area (TPSA) is 67.9 Å². The van der Waals surface area contributed by atoms with Crippen LogP contribution in [0.1, 0.15) is 17.3 Å². The molecule has 0 spiro atoms. The predicted octanol–water partition coefficient (Wildman–Crippen LogP) is 3.28. The summed E-state index contributed by atoms with van der Waals surface area (Å²) in [5, 5.41) is 2.66. The maximum Gasteiger partial charge on any atom is 0.251 e. The standard InChI is InChI=1S/C19H20ClFN2O4/c1-12(24)23(14-5-6-16(21)15(20)11-14)9-8-22-19(25)13-4-7-17(26-2)18(10-13)27-3/h4-7,10-11H,8-9H2,1-3H3,(H,22,25). The summed E-state index contributed by atoms with van der Waals surface area (Å²) in [5.41, 5.74) is 0.848. The van der Waals surface area contributed by atoms with E-state index in [0.29, 0.717) is 22.7 Å². The van der Waals surface area contributed by atoms with E-state index in [4.69, 9.17) is 21.1 Å². The highest BCUT2D eigenvalue weighted by molar-refractivity contribution is 6.31. The van der Waals surface area contributed by atoms with Gasteiger partial charge in [-0.1, -0.05) is 11.6 Å². The fourth-order valence-corrected chi connectivity index (χ4v) is 2.66. The molecular weight excluding hydrogens is 375 g/mol. The molecule has 27 heavy (non-hydrogen) atoms. The lowest BCUT2D eigenvalue weighted by atomic mass is 10.2. The van der Waals surface area contributed by atoms with Gasteiger partial charge in [0.25, 0.3) is 5.91 Å². The van der Waals surface area contributed by atoms with Gasteiger partial charge in [0.2, 0.25) is 5.91 Å². The number of nitrogens with one attached hydrogen (secondary N) is 1. The summed E-state index contributed by atoms with van der Waals surface area (Å²) < 4.78 is 23.6. The molecule has 6 nitrogen and oxygen atoms in total. The van der Waals surface area contributed by atoms with Crippen molar-refractivity contribution in [1.29, 1.82) is 0 Å². The number of benzene rings is 2. The number of halogens is 2. The molecule has 0 aromatic heterocycles. The van der Waals surface area contributed by atoms with E-state index in [0.717, 1.165) is 0 Å². The number of methoxy groups -OCH3 is 2. The fourth-order valence-electron chi connectivity index (χ4n) is 2.48. The molecule has 0 aliphatic rings. The third kappa shape index (κ3) is 5.10. The summed E-state index contributed by atoms with van der Waals surface area (Å²) in [6.07, 6.45) is 0. The molecular formula is C19H20ClFN2O4. The molecule has 0 atom stereocenters. The number of ether oxygens (including phenoxy) is 2. The van der Waals surface area contributed by atoms with Gasteiger partial charge < -0.3 is 19.7 Å². The first-order valence-corrected chi connectivity index (χ1v) is 8.48. The molecule has 8 heteroatoms. The number of carbonyl (C=O) groups is 2. The number of carbonyl (C=O) groups excluding carboxylic acids is 2. The quantitative estimate of drug-likeness (QED) is 0.782. The van der Waals surface area contributed by atoms with Crippen molar-refractivity contribution in [3.05, 3.63) is 52.8 Å². The van der Waals surface area contributed by atoms with Crippen LogP contribution in [-0.4, -0.2) is 39.1 Å². The lowest BCUT2D eigenvalue weighted by Crippen LogP contribution is -2.37. The van der Waals surface area contributed by atoms with Crippen molar-refractivity contribution in [3.63, 3.8) is 0 Å². The van der Waals surface area contributed by atoms with Crippen molar-refractivity contribution in [2.45, 2.75) is 6.92 Å². The van der Waals surface area contributed by atoms with Gasteiger partial charge in [0, 0.05) is 31.3 Å². The molecule has 2 aromatic carbocycles. The molecule has 0 radical (unpaired) electrons. The van der Waals surface area contributed by atoms with Gasteiger partial charge in [-0.25, -0.2) is 4.39 Å². The van der Waals surface area contributed by atoms with Gasteiger partial charge in [-0.15, -0.1) is 0 Å². The first-order chi connectivity index (χ1) is 12.9. The number of hydrogen-bond acceptors (Lipinski definition) is 4. The van der Waals surface area contributed by atoms with Gasteiger partial charge in [-0.3, -0.25) is 9.59 Å². The number of amides is 2. The van der Waals surface area contributed by atoms with E-state index in [2.05, 4.69) is 5.32 Å². The monoisotopic (exact) mass is 394 g/mol. The molecule has 0 saturated heterocycles. The van der Waals surface area contributed by atoms with Crippen LogP contribution in [0.5, 0.6) is 11.5 Å². The number of nitrogens with zero attached hydrogens (tertiary/aromatic N) is 1. The zero-order valence-corrected chi connectivity index (χ0v) is 16.0. The molecule has 2 aromatic rings. The third-order valence-corrected chi connectivity index (χ3v) is 4.15. The van der Waals surface area contributed by atoms with Gasteiger partial charge in [0.05, 0.1) is 19.2 Å². The van der Waals surface area contributed by atoms with E-state index in [9.17, 15) is 14.0 Å². The SMILES string of the molecule is COc1ccc(C(=O)NCCN(C(C)=O)c2ccc(F)c(Cl)c2)cc1OC. The minimum absolute atomic E-state index is 0.0758. The van der Waals surface area contributed by atoms with Crippen molar-refractivity contribution >= 4 is 29.1 Å². The van der Waals surface area contributed by atoms with Crippen molar-refractivity contribution in [1.82, 2.24) is 5.32 Å². The molecule has 0 saturated carbocycles. The van der Waals surface area contributed by atoms with Crippen LogP contribution in [-0.2, 0) is 4.79 Å². The molecule has 144 valence electrons. The van der Waals surface area contributed by atoms with Crippen molar-refractivity contribution in [3.8, 4) is 11.5 Å². The Morgan fingerprint density at radius 3 is 2.41 bits per heavy atom. The van der Waals surface area contributed by atoms with E-state index in [1.165, 1.54) is 44.2 Å². The van der Waals surface area contributed by atoms with Gasteiger partial charge in [-0.05, 0) is 36.4 Å². The summed E-state index contributed by atoms with van der Waals surface area (Å²) in [6.45, 7) is 1.78. The summed E-state index contributed by atoms with van der Waals surface area (Å²) >= 11 is 5.78. The Morgan fingerprint density at radius 2 is 1.81 bits per heavy atom. The Kier molecular flexibility index (Phi) is 7.01. The Bertz CT molecular complexity index is 844.